The first kappa shape index (κ1) is 12.9. The van der Waals surface area contributed by atoms with E-state index >= 15 is 0 Å². The van der Waals surface area contributed by atoms with E-state index in [1.54, 1.807) is 13.3 Å². The Morgan fingerprint density at radius 3 is 3.00 bits per heavy atom. The lowest BCUT2D eigenvalue weighted by Gasteiger charge is -2.15. The Labute approximate surface area is 106 Å². The lowest BCUT2D eigenvalue weighted by molar-refractivity contribution is 0.500. The Morgan fingerprint density at radius 2 is 2.44 bits per heavy atom. The molecule has 2 heterocycles. The number of furan rings is 1. The Balaban J connectivity index is 1.83. The van der Waals surface area contributed by atoms with Crippen LogP contribution in [0.5, 0.6) is 0 Å². The van der Waals surface area contributed by atoms with Gasteiger partial charge in [0.2, 0.25) is 0 Å². The number of hydrogen-bond acceptors (Lipinski definition) is 4. The molecule has 1 atom stereocenters. The van der Waals surface area contributed by atoms with Crippen LogP contribution in [0.4, 0.5) is 0 Å². The van der Waals surface area contributed by atoms with E-state index in [9.17, 15) is 8.42 Å². The molecule has 0 spiro atoms. The second-order valence-electron chi connectivity index (χ2n) is 4.25. The van der Waals surface area contributed by atoms with Crippen molar-refractivity contribution in [1.82, 2.24) is 10.6 Å². The highest BCUT2D eigenvalue weighted by molar-refractivity contribution is 7.91. The molecule has 1 fully saturated rings. The molecule has 1 saturated heterocycles. The third-order valence-electron chi connectivity index (χ3n) is 2.81. The van der Waals surface area contributed by atoms with Gasteiger partial charge in [0, 0.05) is 13.1 Å². The summed E-state index contributed by atoms with van der Waals surface area (Å²) in [6.45, 7) is 0.520. The first-order valence-corrected chi connectivity index (χ1v) is 7.61. The van der Waals surface area contributed by atoms with Crippen molar-refractivity contribution in [1.29, 1.82) is 0 Å². The molecular weight excluding hydrogens is 254 g/mol. The predicted octanol–water partition coefficient (Wildman–Crippen LogP) is 0.132. The fourth-order valence-corrected chi connectivity index (χ4v) is 3.55. The molecule has 1 aromatic rings. The molecule has 1 aliphatic rings. The van der Waals surface area contributed by atoms with Gasteiger partial charge in [0.05, 0.1) is 24.3 Å². The molecule has 6 nitrogen and oxygen atoms in total. The second kappa shape index (κ2) is 5.43. The summed E-state index contributed by atoms with van der Waals surface area (Å²) < 4.78 is 27.9. The van der Waals surface area contributed by atoms with Gasteiger partial charge in [-0.2, -0.15) is 0 Å². The largest absolute Gasteiger partial charge is 0.467 e. The molecule has 2 rings (SSSR count). The zero-order valence-corrected chi connectivity index (χ0v) is 11.0. The molecule has 1 aromatic heterocycles. The maximum atomic E-state index is 11.3. The SMILES string of the molecule is CN=C(NCc1ccco1)NC1CCS(=O)(=O)C1. The molecular formula is C11H17N3O3S. The second-order valence-corrected chi connectivity index (χ2v) is 6.48. The van der Waals surface area contributed by atoms with Crippen molar-refractivity contribution >= 4 is 15.8 Å². The molecule has 1 aliphatic heterocycles. The number of rotatable bonds is 3. The van der Waals surface area contributed by atoms with Gasteiger partial charge in [-0.3, -0.25) is 4.99 Å². The first-order valence-electron chi connectivity index (χ1n) is 5.79. The van der Waals surface area contributed by atoms with Crippen LogP contribution >= 0.6 is 0 Å². The Bertz CT molecular complexity index is 508. The topological polar surface area (TPSA) is 83.7 Å². The minimum Gasteiger partial charge on any atom is -0.467 e. The number of hydrogen-bond donors (Lipinski definition) is 2. The van der Waals surface area contributed by atoms with Gasteiger partial charge in [-0.15, -0.1) is 0 Å². The van der Waals surface area contributed by atoms with Gasteiger partial charge in [-0.25, -0.2) is 8.42 Å². The van der Waals surface area contributed by atoms with Gasteiger partial charge in [-0.1, -0.05) is 0 Å². The van der Waals surface area contributed by atoms with E-state index in [0.29, 0.717) is 18.9 Å². The summed E-state index contributed by atoms with van der Waals surface area (Å²) in [7, 11) is -1.22. The summed E-state index contributed by atoms with van der Waals surface area (Å²) in [6.07, 6.45) is 2.24. The van der Waals surface area contributed by atoms with E-state index in [1.165, 1.54) is 0 Å². The first-order chi connectivity index (χ1) is 8.59. The maximum Gasteiger partial charge on any atom is 0.191 e. The van der Waals surface area contributed by atoms with Crippen molar-refractivity contribution in [2.24, 2.45) is 4.99 Å². The minimum absolute atomic E-state index is 0.0576. The third kappa shape index (κ3) is 3.49. The molecule has 0 bridgehead atoms. The average Bonchev–Trinajstić information content (AvgIpc) is 2.94. The fraction of sp³-hybridized carbons (Fsp3) is 0.545. The zero-order valence-electron chi connectivity index (χ0n) is 10.2. The molecule has 0 aliphatic carbocycles. The van der Waals surface area contributed by atoms with Crippen LogP contribution in [0, 0.1) is 0 Å². The molecule has 0 aromatic carbocycles. The summed E-state index contributed by atoms with van der Waals surface area (Å²) >= 11 is 0. The van der Waals surface area contributed by atoms with Crippen LogP contribution < -0.4 is 10.6 Å². The van der Waals surface area contributed by atoms with Crippen LogP contribution in [0.3, 0.4) is 0 Å². The Hall–Kier alpha value is -1.50. The van der Waals surface area contributed by atoms with Gasteiger partial charge in [-0.05, 0) is 18.6 Å². The molecule has 1 unspecified atom stereocenters. The molecule has 2 N–H and O–H groups in total. The van der Waals surface area contributed by atoms with Gasteiger partial charge in [0.15, 0.2) is 15.8 Å². The molecule has 0 radical (unpaired) electrons. The highest BCUT2D eigenvalue weighted by atomic mass is 32.2. The molecule has 0 amide bonds. The van der Waals surface area contributed by atoms with Crippen LogP contribution in [0.1, 0.15) is 12.2 Å². The van der Waals surface area contributed by atoms with Crippen LogP contribution in [0.15, 0.2) is 27.8 Å². The predicted molar refractivity (Wildman–Crippen MR) is 69.1 cm³/mol. The summed E-state index contributed by atoms with van der Waals surface area (Å²) in [5, 5.41) is 6.18. The van der Waals surface area contributed by atoms with E-state index in [-0.39, 0.29) is 17.5 Å². The van der Waals surface area contributed by atoms with E-state index in [0.717, 1.165) is 5.76 Å². The van der Waals surface area contributed by atoms with Crippen molar-refractivity contribution in [3.05, 3.63) is 24.2 Å². The lowest BCUT2D eigenvalue weighted by Crippen LogP contribution is -2.43. The van der Waals surface area contributed by atoms with Crippen molar-refractivity contribution in [2.75, 3.05) is 18.6 Å². The quantitative estimate of drug-likeness (QED) is 0.603. The van der Waals surface area contributed by atoms with Crippen molar-refractivity contribution in [2.45, 2.75) is 19.0 Å². The number of nitrogens with zero attached hydrogens (tertiary/aromatic N) is 1. The highest BCUT2D eigenvalue weighted by Gasteiger charge is 2.28. The highest BCUT2D eigenvalue weighted by Crippen LogP contribution is 2.11. The molecule has 0 saturated carbocycles. The number of aliphatic imine (C=N–C) groups is 1. The number of guanidine groups is 1. The van der Waals surface area contributed by atoms with E-state index < -0.39 is 9.84 Å². The summed E-state index contributed by atoms with van der Waals surface area (Å²) in [4.78, 5) is 4.06. The lowest BCUT2D eigenvalue weighted by atomic mass is 10.3. The molecule has 18 heavy (non-hydrogen) atoms. The summed E-state index contributed by atoms with van der Waals surface area (Å²) in [5.74, 6) is 1.82. The van der Waals surface area contributed by atoms with Crippen molar-refractivity contribution < 1.29 is 12.8 Å². The van der Waals surface area contributed by atoms with Crippen LogP contribution in [-0.2, 0) is 16.4 Å². The van der Waals surface area contributed by atoms with Crippen molar-refractivity contribution in [3.8, 4) is 0 Å². The maximum absolute atomic E-state index is 11.3. The van der Waals surface area contributed by atoms with Gasteiger partial charge >= 0.3 is 0 Å². The minimum atomic E-state index is -2.87. The van der Waals surface area contributed by atoms with E-state index in [4.69, 9.17) is 4.42 Å². The van der Waals surface area contributed by atoms with E-state index in [1.807, 2.05) is 12.1 Å². The van der Waals surface area contributed by atoms with Crippen LogP contribution in [0.25, 0.3) is 0 Å². The summed E-state index contributed by atoms with van der Waals surface area (Å²) in [5.41, 5.74) is 0. The monoisotopic (exact) mass is 271 g/mol. The van der Waals surface area contributed by atoms with E-state index in [2.05, 4.69) is 15.6 Å². The Morgan fingerprint density at radius 1 is 1.61 bits per heavy atom. The molecule has 100 valence electrons. The number of sulfone groups is 1. The van der Waals surface area contributed by atoms with Gasteiger partial charge < -0.3 is 15.1 Å². The van der Waals surface area contributed by atoms with Crippen LogP contribution in [-0.4, -0.2) is 39.0 Å². The van der Waals surface area contributed by atoms with Crippen LogP contribution in [0.2, 0.25) is 0 Å². The third-order valence-corrected chi connectivity index (χ3v) is 4.57. The van der Waals surface area contributed by atoms with Gasteiger partial charge in [0.1, 0.15) is 5.76 Å². The fourth-order valence-electron chi connectivity index (χ4n) is 1.88. The smallest absolute Gasteiger partial charge is 0.191 e. The molecule has 7 heteroatoms. The van der Waals surface area contributed by atoms with Crippen molar-refractivity contribution in [3.63, 3.8) is 0 Å². The zero-order chi connectivity index (χ0) is 13.0. The van der Waals surface area contributed by atoms with Gasteiger partial charge in [0.25, 0.3) is 0 Å². The standard InChI is InChI=1S/C11H17N3O3S/c1-12-11(13-7-10-3-2-5-17-10)14-9-4-6-18(15,16)8-9/h2-3,5,9H,4,6-8H2,1H3,(H2,12,13,14). The normalized spacial score (nSPS) is 22.9. The average molecular weight is 271 g/mol. The summed E-state index contributed by atoms with van der Waals surface area (Å²) in [6, 6.07) is 3.62. The Kier molecular flexibility index (Phi) is 3.90. The number of nitrogens with one attached hydrogen (secondary N) is 2.